The van der Waals surface area contributed by atoms with E-state index in [4.69, 9.17) is 18.9 Å². The number of rotatable bonds is 7. The largest absolute Gasteiger partial charge is 0.497 e. The molecule has 0 saturated carbocycles. The summed E-state index contributed by atoms with van der Waals surface area (Å²) in [6.45, 7) is 2.27. The number of ether oxygens (including phenoxy) is 4. The molecular weight excluding hydrogens is 370 g/mol. The highest BCUT2D eigenvalue weighted by molar-refractivity contribution is 5.90. The smallest absolute Gasteiger partial charge is 0.231 e. The average Bonchev–Trinajstić information content (AvgIpc) is 3.22. The number of aromatic nitrogens is 1. The molecule has 3 aromatic rings. The molecule has 4 rings (SSSR count). The third-order valence-corrected chi connectivity index (χ3v) is 4.66. The molecule has 0 N–H and O–H groups in total. The molecule has 0 spiro atoms. The lowest BCUT2D eigenvalue weighted by Gasteiger charge is -2.14. The lowest BCUT2D eigenvalue weighted by Crippen LogP contribution is -2.01. The molecule has 1 aliphatic heterocycles. The van der Waals surface area contributed by atoms with Gasteiger partial charge in [0.2, 0.25) is 12.7 Å². The molecule has 6 nitrogen and oxygen atoms in total. The Balaban J connectivity index is 1.77. The SMILES string of the molecule is CCCc1cc(-c2ccc(OC)cc2)c(C=O)c(Oc2ccc3c(c2)OCO3)n1. The van der Waals surface area contributed by atoms with Crippen LogP contribution in [0.3, 0.4) is 0 Å². The van der Waals surface area contributed by atoms with E-state index in [1.54, 1.807) is 25.3 Å². The molecule has 0 bridgehead atoms. The van der Waals surface area contributed by atoms with E-state index >= 15 is 0 Å². The summed E-state index contributed by atoms with van der Waals surface area (Å²) in [6, 6.07) is 14.8. The minimum absolute atomic E-state index is 0.185. The summed E-state index contributed by atoms with van der Waals surface area (Å²) >= 11 is 0. The topological polar surface area (TPSA) is 66.9 Å². The Kier molecular flexibility index (Phi) is 5.33. The summed E-state index contributed by atoms with van der Waals surface area (Å²) in [4.78, 5) is 16.6. The van der Waals surface area contributed by atoms with Crippen molar-refractivity contribution in [2.24, 2.45) is 0 Å². The summed E-state index contributed by atoms with van der Waals surface area (Å²) in [5.74, 6) is 2.82. The second-order valence-corrected chi connectivity index (χ2v) is 6.59. The van der Waals surface area contributed by atoms with Gasteiger partial charge in [-0.1, -0.05) is 25.5 Å². The predicted octanol–water partition coefficient (Wildman–Crippen LogP) is 5.04. The molecule has 0 aliphatic carbocycles. The molecule has 29 heavy (non-hydrogen) atoms. The van der Waals surface area contributed by atoms with Gasteiger partial charge in [-0.2, -0.15) is 0 Å². The Labute approximate surface area is 169 Å². The van der Waals surface area contributed by atoms with E-state index in [1.807, 2.05) is 30.3 Å². The van der Waals surface area contributed by atoms with Crippen molar-refractivity contribution in [2.75, 3.05) is 13.9 Å². The molecule has 0 radical (unpaired) electrons. The highest BCUT2D eigenvalue weighted by Crippen LogP contribution is 2.38. The van der Waals surface area contributed by atoms with Crippen molar-refractivity contribution < 1.29 is 23.7 Å². The highest BCUT2D eigenvalue weighted by Gasteiger charge is 2.18. The van der Waals surface area contributed by atoms with Gasteiger partial charge in [-0.15, -0.1) is 0 Å². The maximum atomic E-state index is 12.0. The minimum atomic E-state index is 0.185. The van der Waals surface area contributed by atoms with Gasteiger partial charge in [-0.05, 0) is 47.9 Å². The Bertz CT molecular complexity index is 1030. The number of hydrogen-bond acceptors (Lipinski definition) is 6. The lowest BCUT2D eigenvalue weighted by atomic mass is 9.99. The number of fused-ring (bicyclic) bond motifs is 1. The standard InChI is InChI=1S/C23H21NO5/c1-3-4-16-11-19(15-5-7-17(26-2)8-6-15)20(13-25)23(24-16)29-18-9-10-21-22(12-18)28-14-27-21/h5-13H,3-4,14H2,1-2H3. The number of hydrogen-bond donors (Lipinski definition) is 0. The van der Waals surface area contributed by atoms with Gasteiger partial charge in [0.15, 0.2) is 17.8 Å². The second-order valence-electron chi connectivity index (χ2n) is 6.59. The summed E-state index contributed by atoms with van der Waals surface area (Å²) in [6.07, 6.45) is 2.49. The minimum Gasteiger partial charge on any atom is -0.497 e. The maximum Gasteiger partial charge on any atom is 0.231 e. The number of pyridine rings is 1. The Morgan fingerprint density at radius 2 is 1.79 bits per heavy atom. The van der Waals surface area contributed by atoms with Crippen molar-refractivity contribution >= 4 is 6.29 Å². The number of aldehydes is 1. The molecule has 0 saturated heterocycles. The fourth-order valence-corrected chi connectivity index (χ4v) is 3.22. The van der Waals surface area contributed by atoms with Crippen LogP contribution in [0.5, 0.6) is 28.9 Å². The molecule has 0 unspecified atom stereocenters. The fraction of sp³-hybridized carbons (Fsp3) is 0.217. The van der Waals surface area contributed by atoms with E-state index in [-0.39, 0.29) is 12.7 Å². The molecule has 6 heteroatoms. The van der Waals surface area contributed by atoms with Crippen LogP contribution in [0.1, 0.15) is 29.4 Å². The number of nitrogens with zero attached hydrogens (tertiary/aromatic N) is 1. The molecular formula is C23H21NO5. The molecule has 0 fully saturated rings. The second kappa shape index (κ2) is 8.22. The molecule has 2 heterocycles. The van der Waals surface area contributed by atoms with Crippen molar-refractivity contribution in [3.8, 4) is 40.0 Å². The summed E-state index contributed by atoms with van der Waals surface area (Å²) < 4.78 is 22.0. The number of aryl methyl sites for hydroxylation is 1. The van der Waals surface area contributed by atoms with Crippen LogP contribution in [0.2, 0.25) is 0 Å². The van der Waals surface area contributed by atoms with Crippen LogP contribution in [0.25, 0.3) is 11.1 Å². The Morgan fingerprint density at radius 1 is 1.03 bits per heavy atom. The van der Waals surface area contributed by atoms with Crippen molar-refractivity contribution in [1.82, 2.24) is 4.98 Å². The molecule has 148 valence electrons. The predicted molar refractivity (Wildman–Crippen MR) is 108 cm³/mol. The lowest BCUT2D eigenvalue weighted by molar-refractivity contribution is 0.112. The molecule has 0 atom stereocenters. The van der Waals surface area contributed by atoms with E-state index in [2.05, 4.69) is 11.9 Å². The Morgan fingerprint density at radius 3 is 2.52 bits per heavy atom. The summed E-state index contributed by atoms with van der Waals surface area (Å²) in [7, 11) is 1.62. The van der Waals surface area contributed by atoms with Crippen molar-refractivity contribution in [3.63, 3.8) is 0 Å². The molecule has 2 aromatic carbocycles. The van der Waals surface area contributed by atoms with Gasteiger partial charge in [0.25, 0.3) is 0 Å². The number of benzene rings is 2. The number of carbonyl (C=O) groups is 1. The van der Waals surface area contributed by atoms with Crippen molar-refractivity contribution in [1.29, 1.82) is 0 Å². The zero-order chi connectivity index (χ0) is 20.2. The van der Waals surface area contributed by atoms with Crippen LogP contribution in [-0.2, 0) is 6.42 Å². The van der Waals surface area contributed by atoms with Crippen LogP contribution < -0.4 is 18.9 Å². The average molecular weight is 391 g/mol. The first kappa shape index (κ1) is 18.8. The van der Waals surface area contributed by atoms with Gasteiger partial charge in [0.05, 0.1) is 12.7 Å². The van der Waals surface area contributed by atoms with E-state index in [0.29, 0.717) is 22.8 Å². The van der Waals surface area contributed by atoms with Gasteiger partial charge in [0.1, 0.15) is 11.5 Å². The van der Waals surface area contributed by atoms with Crippen LogP contribution in [0.15, 0.2) is 48.5 Å². The summed E-state index contributed by atoms with van der Waals surface area (Å²) in [5, 5.41) is 0. The zero-order valence-electron chi connectivity index (χ0n) is 16.3. The third-order valence-electron chi connectivity index (χ3n) is 4.66. The van der Waals surface area contributed by atoms with Crippen LogP contribution in [0.4, 0.5) is 0 Å². The van der Waals surface area contributed by atoms with Crippen LogP contribution in [-0.4, -0.2) is 25.2 Å². The quantitative estimate of drug-likeness (QED) is 0.526. The maximum absolute atomic E-state index is 12.0. The monoisotopic (exact) mass is 391 g/mol. The molecule has 1 aliphatic rings. The molecule has 0 amide bonds. The van der Waals surface area contributed by atoms with Crippen LogP contribution in [0, 0.1) is 0 Å². The van der Waals surface area contributed by atoms with E-state index < -0.39 is 0 Å². The van der Waals surface area contributed by atoms with Crippen molar-refractivity contribution in [2.45, 2.75) is 19.8 Å². The van der Waals surface area contributed by atoms with Gasteiger partial charge in [-0.25, -0.2) is 4.98 Å². The van der Waals surface area contributed by atoms with Gasteiger partial charge in [-0.3, -0.25) is 4.79 Å². The van der Waals surface area contributed by atoms with Crippen molar-refractivity contribution in [3.05, 3.63) is 59.8 Å². The normalized spacial score (nSPS) is 11.9. The first-order valence-corrected chi connectivity index (χ1v) is 9.43. The first-order chi connectivity index (χ1) is 14.2. The molecule has 1 aromatic heterocycles. The summed E-state index contributed by atoms with van der Waals surface area (Å²) in [5.41, 5.74) is 2.92. The van der Waals surface area contributed by atoms with Gasteiger partial charge >= 0.3 is 0 Å². The number of carbonyl (C=O) groups excluding carboxylic acids is 1. The van der Waals surface area contributed by atoms with E-state index in [9.17, 15) is 4.79 Å². The van der Waals surface area contributed by atoms with Crippen LogP contribution >= 0.6 is 0 Å². The Hall–Kier alpha value is -3.54. The van der Waals surface area contributed by atoms with E-state index in [0.717, 1.165) is 41.7 Å². The van der Waals surface area contributed by atoms with Gasteiger partial charge in [0, 0.05) is 11.8 Å². The zero-order valence-corrected chi connectivity index (χ0v) is 16.3. The fourth-order valence-electron chi connectivity index (χ4n) is 3.22. The number of methoxy groups -OCH3 is 1. The van der Waals surface area contributed by atoms with E-state index in [1.165, 1.54) is 0 Å². The van der Waals surface area contributed by atoms with Gasteiger partial charge < -0.3 is 18.9 Å². The first-order valence-electron chi connectivity index (χ1n) is 9.43. The third kappa shape index (κ3) is 3.87. The highest BCUT2D eigenvalue weighted by atomic mass is 16.7.